The van der Waals surface area contributed by atoms with E-state index < -0.39 is 11.7 Å². The van der Waals surface area contributed by atoms with Crippen LogP contribution in [0.25, 0.3) is 0 Å². The number of ether oxygens (including phenoxy) is 1. The molecule has 6 heteroatoms. The van der Waals surface area contributed by atoms with Crippen LogP contribution in [0.3, 0.4) is 0 Å². The average molecular weight is 340 g/mol. The van der Waals surface area contributed by atoms with Crippen LogP contribution < -0.4 is 5.32 Å². The Morgan fingerprint density at radius 1 is 1.17 bits per heavy atom. The molecule has 2 amide bonds. The summed E-state index contributed by atoms with van der Waals surface area (Å²) < 4.78 is 5.17. The third kappa shape index (κ3) is 5.36. The summed E-state index contributed by atoms with van der Waals surface area (Å²) in [6.07, 6.45) is 5.53. The Hall–Kier alpha value is -1.30. The molecule has 1 heterocycles. The normalized spacial score (nSPS) is 27.8. The Kier molecular flexibility index (Phi) is 6.49. The molecule has 0 aromatic carbocycles. The molecule has 0 aromatic rings. The van der Waals surface area contributed by atoms with Gasteiger partial charge < -0.3 is 20.1 Å². The number of nitrogens with zero attached hydrogens (tertiary/aromatic N) is 1. The summed E-state index contributed by atoms with van der Waals surface area (Å²) in [4.78, 5) is 26.2. The number of hydrogen-bond acceptors (Lipinski definition) is 4. The molecule has 0 bridgehead atoms. The quantitative estimate of drug-likeness (QED) is 0.824. The molecule has 0 spiro atoms. The fraction of sp³-hybridized carbons (Fsp3) is 0.889. The molecule has 1 aliphatic heterocycles. The van der Waals surface area contributed by atoms with Gasteiger partial charge in [0.1, 0.15) is 5.60 Å². The summed E-state index contributed by atoms with van der Waals surface area (Å²) in [5.74, 6) is 0.280. The molecule has 2 fully saturated rings. The number of rotatable bonds is 4. The summed E-state index contributed by atoms with van der Waals surface area (Å²) in [7, 11) is 0. The fourth-order valence-electron chi connectivity index (χ4n) is 3.86. The van der Waals surface area contributed by atoms with E-state index in [0.29, 0.717) is 0 Å². The molecule has 3 atom stereocenters. The van der Waals surface area contributed by atoms with Gasteiger partial charge in [-0.05, 0) is 52.9 Å². The Balaban J connectivity index is 1.82. The predicted octanol–water partition coefficient (Wildman–Crippen LogP) is 2.44. The van der Waals surface area contributed by atoms with Gasteiger partial charge in [0.15, 0.2) is 0 Å². The lowest BCUT2D eigenvalue weighted by Gasteiger charge is -2.40. The summed E-state index contributed by atoms with van der Waals surface area (Å²) >= 11 is 0. The molecule has 6 nitrogen and oxygen atoms in total. The number of aliphatic hydroxyl groups is 1. The van der Waals surface area contributed by atoms with Gasteiger partial charge in [-0.1, -0.05) is 6.42 Å². The predicted molar refractivity (Wildman–Crippen MR) is 91.6 cm³/mol. The van der Waals surface area contributed by atoms with Crippen molar-refractivity contribution in [2.75, 3.05) is 13.1 Å². The minimum atomic E-state index is -0.537. The second-order valence-electron chi connectivity index (χ2n) is 7.99. The largest absolute Gasteiger partial charge is 0.444 e. The number of likely N-dealkylation sites (tertiary alicyclic amines) is 1. The SMILES string of the molecule is CC(C)(C)OC(=O)NCCC(=O)N1CCCC[C@@H]1[C@@H]1CCC[C@H]1O. The van der Waals surface area contributed by atoms with Crippen LogP contribution >= 0.6 is 0 Å². The minimum Gasteiger partial charge on any atom is -0.444 e. The lowest BCUT2D eigenvalue weighted by atomic mass is 9.87. The molecule has 1 aliphatic carbocycles. The van der Waals surface area contributed by atoms with E-state index in [2.05, 4.69) is 5.32 Å². The van der Waals surface area contributed by atoms with Crippen LogP contribution in [0.15, 0.2) is 0 Å². The van der Waals surface area contributed by atoms with Gasteiger partial charge in [-0.3, -0.25) is 4.79 Å². The molecule has 0 unspecified atom stereocenters. The summed E-state index contributed by atoms with van der Waals surface area (Å²) in [5, 5.41) is 12.8. The number of carbonyl (C=O) groups is 2. The van der Waals surface area contributed by atoms with Gasteiger partial charge in [0.2, 0.25) is 5.91 Å². The first-order chi connectivity index (χ1) is 11.3. The molecule has 138 valence electrons. The van der Waals surface area contributed by atoms with E-state index in [1.54, 1.807) is 0 Å². The Morgan fingerprint density at radius 2 is 1.92 bits per heavy atom. The van der Waals surface area contributed by atoms with Gasteiger partial charge in [-0.2, -0.15) is 0 Å². The maximum Gasteiger partial charge on any atom is 0.407 e. The van der Waals surface area contributed by atoms with Crippen molar-refractivity contribution in [2.24, 2.45) is 5.92 Å². The highest BCUT2D eigenvalue weighted by molar-refractivity contribution is 5.77. The van der Waals surface area contributed by atoms with Crippen molar-refractivity contribution < 1.29 is 19.4 Å². The number of alkyl carbamates (subject to hydrolysis) is 1. The number of hydrogen-bond donors (Lipinski definition) is 2. The van der Waals surface area contributed by atoms with Crippen molar-refractivity contribution in [1.29, 1.82) is 0 Å². The second-order valence-corrected chi connectivity index (χ2v) is 7.99. The molecule has 2 aliphatic rings. The molecule has 0 aromatic heterocycles. The van der Waals surface area contributed by atoms with Crippen LogP contribution in [-0.4, -0.2) is 52.8 Å². The van der Waals surface area contributed by atoms with Crippen molar-refractivity contribution in [3.8, 4) is 0 Å². The Morgan fingerprint density at radius 3 is 2.54 bits per heavy atom. The first kappa shape index (κ1) is 19.0. The van der Waals surface area contributed by atoms with E-state index in [0.717, 1.165) is 45.1 Å². The van der Waals surface area contributed by atoms with Crippen molar-refractivity contribution in [3.63, 3.8) is 0 Å². The van der Waals surface area contributed by atoms with E-state index in [4.69, 9.17) is 4.74 Å². The summed E-state index contributed by atoms with van der Waals surface area (Å²) in [6, 6.07) is 0.158. The highest BCUT2D eigenvalue weighted by atomic mass is 16.6. The van der Waals surface area contributed by atoms with Gasteiger partial charge in [0.25, 0.3) is 0 Å². The maximum atomic E-state index is 12.6. The Labute approximate surface area is 144 Å². The Bertz CT molecular complexity index is 447. The second kappa shape index (κ2) is 8.19. The van der Waals surface area contributed by atoms with E-state index >= 15 is 0 Å². The molecule has 2 N–H and O–H groups in total. The first-order valence-electron chi connectivity index (χ1n) is 9.22. The molecule has 1 saturated carbocycles. The van der Waals surface area contributed by atoms with Gasteiger partial charge in [-0.25, -0.2) is 4.79 Å². The highest BCUT2D eigenvalue weighted by Gasteiger charge is 2.38. The van der Waals surface area contributed by atoms with Crippen LogP contribution in [0.1, 0.15) is 65.7 Å². The van der Waals surface area contributed by atoms with E-state index in [-0.39, 0.29) is 36.9 Å². The van der Waals surface area contributed by atoms with Crippen molar-refractivity contribution in [1.82, 2.24) is 10.2 Å². The number of aliphatic hydroxyl groups excluding tert-OH is 1. The zero-order valence-electron chi connectivity index (χ0n) is 15.2. The van der Waals surface area contributed by atoms with Crippen molar-refractivity contribution in [2.45, 2.75) is 83.5 Å². The monoisotopic (exact) mass is 340 g/mol. The van der Waals surface area contributed by atoms with Gasteiger partial charge in [0, 0.05) is 31.5 Å². The van der Waals surface area contributed by atoms with Crippen LogP contribution in [-0.2, 0) is 9.53 Å². The molecular formula is C18H32N2O4. The molecular weight excluding hydrogens is 308 g/mol. The van der Waals surface area contributed by atoms with Gasteiger partial charge in [-0.15, -0.1) is 0 Å². The fourth-order valence-corrected chi connectivity index (χ4v) is 3.86. The van der Waals surface area contributed by atoms with Gasteiger partial charge >= 0.3 is 6.09 Å². The maximum absolute atomic E-state index is 12.6. The smallest absolute Gasteiger partial charge is 0.407 e. The lowest BCUT2D eigenvalue weighted by Crippen LogP contribution is -2.50. The highest BCUT2D eigenvalue weighted by Crippen LogP contribution is 2.35. The number of nitrogens with one attached hydrogen (secondary N) is 1. The zero-order valence-corrected chi connectivity index (χ0v) is 15.2. The zero-order chi connectivity index (χ0) is 17.7. The van der Waals surface area contributed by atoms with E-state index in [9.17, 15) is 14.7 Å². The molecule has 24 heavy (non-hydrogen) atoms. The number of carbonyl (C=O) groups excluding carboxylic acids is 2. The molecule has 0 radical (unpaired) electrons. The number of piperidine rings is 1. The van der Waals surface area contributed by atoms with Crippen molar-refractivity contribution in [3.05, 3.63) is 0 Å². The van der Waals surface area contributed by atoms with Gasteiger partial charge in [0.05, 0.1) is 6.10 Å². The summed E-state index contributed by atoms with van der Waals surface area (Å²) in [5.41, 5.74) is -0.537. The van der Waals surface area contributed by atoms with Crippen LogP contribution in [0.5, 0.6) is 0 Å². The molecule has 2 rings (SSSR count). The van der Waals surface area contributed by atoms with Crippen LogP contribution in [0, 0.1) is 5.92 Å². The lowest BCUT2D eigenvalue weighted by molar-refractivity contribution is -0.137. The van der Waals surface area contributed by atoms with E-state index in [1.165, 1.54) is 0 Å². The van der Waals surface area contributed by atoms with Crippen LogP contribution in [0.2, 0.25) is 0 Å². The third-order valence-electron chi connectivity index (χ3n) is 4.90. The van der Waals surface area contributed by atoms with Crippen LogP contribution in [0.4, 0.5) is 4.79 Å². The minimum absolute atomic E-state index is 0.0647. The first-order valence-corrected chi connectivity index (χ1v) is 9.22. The molecule has 1 saturated heterocycles. The topological polar surface area (TPSA) is 78.9 Å². The average Bonchev–Trinajstić information content (AvgIpc) is 2.91. The number of amides is 2. The summed E-state index contributed by atoms with van der Waals surface area (Å²) in [6.45, 7) is 6.47. The van der Waals surface area contributed by atoms with E-state index in [1.807, 2.05) is 25.7 Å². The van der Waals surface area contributed by atoms with Crippen molar-refractivity contribution >= 4 is 12.0 Å². The third-order valence-corrected chi connectivity index (χ3v) is 4.90. The standard InChI is InChI=1S/C18H32N2O4/c1-18(2,3)24-17(23)19-11-10-16(22)20-12-5-4-8-14(20)13-7-6-9-15(13)21/h13-15,21H,4-12H2,1-3H3,(H,19,23)/t13-,14+,15+/m0/s1.